The molecule has 3 rings (SSSR count). The van der Waals surface area contributed by atoms with E-state index >= 15 is 0 Å². The molecule has 0 unspecified atom stereocenters. The predicted octanol–water partition coefficient (Wildman–Crippen LogP) is 2.27. The number of hydrogen-bond acceptors (Lipinski definition) is 4. The van der Waals surface area contributed by atoms with Gasteiger partial charge in [0.2, 0.25) is 0 Å². The Morgan fingerprint density at radius 1 is 1.32 bits per heavy atom. The summed E-state index contributed by atoms with van der Waals surface area (Å²) >= 11 is 0. The van der Waals surface area contributed by atoms with Gasteiger partial charge in [-0.15, -0.1) is 0 Å². The van der Waals surface area contributed by atoms with Gasteiger partial charge >= 0.3 is 0 Å². The SMILES string of the molecule is CCOc1ccc(C(=O)N2CCCC[C@H]2c2cc(C(N)=O)n[nH]2)cc1. The monoisotopic (exact) mass is 342 g/mol. The number of aromatic amines is 1. The highest BCUT2D eigenvalue weighted by atomic mass is 16.5. The third-order valence-electron chi connectivity index (χ3n) is 4.39. The van der Waals surface area contributed by atoms with E-state index in [-0.39, 0.29) is 17.6 Å². The van der Waals surface area contributed by atoms with E-state index in [4.69, 9.17) is 10.5 Å². The highest BCUT2D eigenvalue weighted by molar-refractivity contribution is 5.95. The number of piperidine rings is 1. The van der Waals surface area contributed by atoms with Crippen LogP contribution in [-0.2, 0) is 0 Å². The average Bonchev–Trinajstić information content (AvgIpc) is 3.12. The molecule has 1 fully saturated rings. The summed E-state index contributed by atoms with van der Waals surface area (Å²) < 4.78 is 5.42. The largest absolute Gasteiger partial charge is 0.494 e. The molecule has 0 radical (unpaired) electrons. The zero-order valence-corrected chi connectivity index (χ0v) is 14.2. The zero-order chi connectivity index (χ0) is 17.8. The predicted molar refractivity (Wildman–Crippen MR) is 92.3 cm³/mol. The fraction of sp³-hybridized carbons (Fsp3) is 0.389. The van der Waals surface area contributed by atoms with Crippen molar-refractivity contribution in [3.8, 4) is 5.75 Å². The molecular weight excluding hydrogens is 320 g/mol. The number of nitrogens with one attached hydrogen (secondary N) is 1. The molecule has 2 amide bonds. The molecule has 1 aliphatic rings. The van der Waals surface area contributed by atoms with E-state index in [1.165, 1.54) is 0 Å². The molecule has 25 heavy (non-hydrogen) atoms. The van der Waals surface area contributed by atoms with Gasteiger partial charge in [-0.25, -0.2) is 0 Å². The van der Waals surface area contributed by atoms with Gasteiger partial charge in [0.1, 0.15) is 11.4 Å². The number of nitrogens with two attached hydrogens (primary N) is 1. The number of primary amides is 1. The topological polar surface area (TPSA) is 101 Å². The zero-order valence-electron chi connectivity index (χ0n) is 14.2. The minimum absolute atomic E-state index is 0.0389. The second-order valence-corrected chi connectivity index (χ2v) is 6.04. The summed E-state index contributed by atoms with van der Waals surface area (Å²) in [5, 5.41) is 6.79. The normalized spacial score (nSPS) is 17.3. The van der Waals surface area contributed by atoms with Gasteiger partial charge < -0.3 is 15.4 Å². The molecule has 7 heteroatoms. The number of H-pyrrole nitrogens is 1. The minimum atomic E-state index is -0.581. The fourth-order valence-electron chi connectivity index (χ4n) is 3.16. The molecule has 1 aromatic heterocycles. The van der Waals surface area contributed by atoms with E-state index < -0.39 is 5.91 Å². The summed E-state index contributed by atoms with van der Waals surface area (Å²) in [5.74, 6) is 0.125. The van der Waals surface area contributed by atoms with E-state index in [2.05, 4.69) is 10.2 Å². The number of hydrogen-bond donors (Lipinski definition) is 2. The Morgan fingerprint density at radius 2 is 2.08 bits per heavy atom. The van der Waals surface area contributed by atoms with Gasteiger partial charge in [-0.05, 0) is 56.5 Å². The number of nitrogens with zero attached hydrogens (tertiary/aromatic N) is 2. The first-order valence-corrected chi connectivity index (χ1v) is 8.49. The number of carbonyl (C=O) groups is 2. The van der Waals surface area contributed by atoms with Gasteiger partial charge in [-0.2, -0.15) is 5.10 Å². The average molecular weight is 342 g/mol. The van der Waals surface area contributed by atoms with Crippen LogP contribution in [0.2, 0.25) is 0 Å². The van der Waals surface area contributed by atoms with Crippen LogP contribution in [0.15, 0.2) is 30.3 Å². The minimum Gasteiger partial charge on any atom is -0.494 e. The van der Waals surface area contributed by atoms with Crippen molar-refractivity contribution >= 4 is 11.8 Å². The van der Waals surface area contributed by atoms with Gasteiger partial charge in [-0.1, -0.05) is 0 Å². The number of carbonyl (C=O) groups excluding carboxylic acids is 2. The Kier molecular flexibility index (Phi) is 5.02. The molecule has 1 atom stereocenters. The van der Waals surface area contributed by atoms with Crippen molar-refractivity contribution in [2.75, 3.05) is 13.2 Å². The van der Waals surface area contributed by atoms with Crippen LogP contribution < -0.4 is 10.5 Å². The third kappa shape index (κ3) is 3.65. The number of ether oxygens (including phenoxy) is 1. The third-order valence-corrected chi connectivity index (χ3v) is 4.39. The molecule has 0 bridgehead atoms. The molecule has 2 aromatic rings. The molecule has 2 heterocycles. The van der Waals surface area contributed by atoms with Crippen molar-refractivity contribution in [2.24, 2.45) is 5.73 Å². The lowest BCUT2D eigenvalue weighted by atomic mass is 9.98. The Labute approximate surface area is 146 Å². The standard InChI is InChI=1S/C18H22N4O3/c1-2-25-13-8-6-12(7-9-13)18(24)22-10-4-3-5-16(22)14-11-15(17(19)23)21-20-14/h6-9,11,16H,2-5,10H2,1H3,(H2,19,23)(H,20,21)/t16-/m0/s1. The molecule has 0 aliphatic carbocycles. The fourth-order valence-corrected chi connectivity index (χ4v) is 3.16. The highest BCUT2D eigenvalue weighted by Crippen LogP contribution is 2.31. The summed E-state index contributed by atoms with van der Waals surface area (Å²) in [6, 6.07) is 8.67. The van der Waals surface area contributed by atoms with E-state index in [0.717, 1.165) is 30.7 Å². The number of aromatic nitrogens is 2. The maximum Gasteiger partial charge on any atom is 0.269 e. The molecule has 7 nitrogen and oxygen atoms in total. The number of benzene rings is 1. The Bertz CT molecular complexity index is 754. The number of amides is 2. The van der Waals surface area contributed by atoms with Crippen molar-refractivity contribution in [2.45, 2.75) is 32.2 Å². The molecule has 3 N–H and O–H groups in total. The molecule has 1 aliphatic heterocycles. The second kappa shape index (κ2) is 7.38. The van der Waals surface area contributed by atoms with Crippen LogP contribution in [0, 0.1) is 0 Å². The summed E-state index contributed by atoms with van der Waals surface area (Å²) in [6.07, 6.45) is 2.79. The van der Waals surface area contributed by atoms with Crippen LogP contribution in [0.3, 0.4) is 0 Å². The smallest absolute Gasteiger partial charge is 0.269 e. The van der Waals surface area contributed by atoms with Crippen LogP contribution in [0.4, 0.5) is 0 Å². The van der Waals surface area contributed by atoms with Crippen LogP contribution in [-0.4, -0.2) is 40.1 Å². The van der Waals surface area contributed by atoms with Crippen molar-refractivity contribution in [3.63, 3.8) is 0 Å². The maximum absolute atomic E-state index is 13.0. The van der Waals surface area contributed by atoms with Gasteiger partial charge in [-0.3, -0.25) is 14.7 Å². The molecule has 1 aromatic carbocycles. The van der Waals surface area contributed by atoms with E-state index in [1.54, 1.807) is 30.3 Å². The van der Waals surface area contributed by atoms with E-state index in [0.29, 0.717) is 18.7 Å². The Morgan fingerprint density at radius 3 is 2.72 bits per heavy atom. The lowest BCUT2D eigenvalue weighted by molar-refractivity contribution is 0.0606. The van der Waals surface area contributed by atoms with Crippen molar-refractivity contribution < 1.29 is 14.3 Å². The van der Waals surface area contributed by atoms with Crippen molar-refractivity contribution in [3.05, 3.63) is 47.3 Å². The molecule has 132 valence electrons. The van der Waals surface area contributed by atoms with Gasteiger partial charge in [0.15, 0.2) is 0 Å². The molecule has 0 saturated carbocycles. The van der Waals surface area contributed by atoms with Crippen LogP contribution in [0.5, 0.6) is 5.75 Å². The van der Waals surface area contributed by atoms with E-state index in [9.17, 15) is 9.59 Å². The second-order valence-electron chi connectivity index (χ2n) is 6.04. The molecular formula is C18H22N4O3. The van der Waals surface area contributed by atoms with Gasteiger partial charge in [0.25, 0.3) is 11.8 Å². The van der Waals surface area contributed by atoms with Crippen LogP contribution >= 0.6 is 0 Å². The quantitative estimate of drug-likeness (QED) is 0.870. The first-order valence-electron chi connectivity index (χ1n) is 8.49. The van der Waals surface area contributed by atoms with Gasteiger partial charge in [0.05, 0.1) is 18.3 Å². The summed E-state index contributed by atoms with van der Waals surface area (Å²) in [4.78, 5) is 26.0. The molecule has 1 saturated heterocycles. The van der Waals surface area contributed by atoms with E-state index in [1.807, 2.05) is 11.8 Å². The Hall–Kier alpha value is -2.83. The Balaban J connectivity index is 1.81. The highest BCUT2D eigenvalue weighted by Gasteiger charge is 2.30. The first kappa shape index (κ1) is 17.0. The van der Waals surface area contributed by atoms with Crippen LogP contribution in [0.25, 0.3) is 0 Å². The van der Waals surface area contributed by atoms with Crippen molar-refractivity contribution in [1.82, 2.24) is 15.1 Å². The van der Waals surface area contributed by atoms with Gasteiger partial charge in [0, 0.05) is 12.1 Å². The number of rotatable bonds is 5. The lowest BCUT2D eigenvalue weighted by Gasteiger charge is -2.35. The summed E-state index contributed by atoms with van der Waals surface area (Å²) in [7, 11) is 0. The van der Waals surface area contributed by atoms with Crippen molar-refractivity contribution in [1.29, 1.82) is 0 Å². The van der Waals surface area contributed by atoms with Crippen LogP contribution in [0.1, 0.15) is 58.8 Å². The lowest BCUT2D eigenvalue weighted by Crippen LogP contribution is -2.38. The molecule has 0 spiro atoms. The first-order chi connectivity index (χ1) is 12.1. The maximum atomic E-state index is 13.0. The summed E-state index contributed by atoms with van der Waals surface area (Å²) in [6.45, 7) is 3.17. The number of likely N-dealkylation sites (tertiary alicyclic amines) is 1. The summed E-state index contributed by atoms with van der Waals surface area (Å²) in [5.41, 5.74) is 6.82.